The summed E-state index contributed by atoms with van der Waals surface area (Å²) in [5.41, 5.74) is 4.31. The molecule has 0 aliphatic carbocycles. The van der Waals surface area contributed by atoms with E-state index in [-0.39, 0.29) is 0 Å². The fourth-order valence-corrected chi connectivity index (χ4v) is 4.48. The molecular formula is C24H30N2O. The average molecular weight is 363 g/mol. The molecule has 3 aromatic rings. The third kappa shape index (κ3) is 4.03. The lowest BCUT2D eigenvalue weighted by atomic mass is 9.87. The van der Waals surface area contributed by atoms with Gasteiger partial charge in [-0.3, -0.25) is 0 Å². The molecule has 1 saturated heterocycles. The maximum absolute atomic E-state index is 5.32. The summed E-state index contributed by atoms with van der Waals surface area (Å²) in [6.07, 6.45) is 5.98. The molecule has 0 N–H and O–H groups in total. The normalized spacial score (nSPS) is 16.1. The number of aryl methyl sites for hydroxylation is 2. The van der Waals surface area contributed by atoms with Gasteiger partial charge in [-0.1, -0.05) is 24.3 Å². The van der Waals surface area contributed by atoms with Crippen molar-refractivity contribution in [2.75, 3.05) is 26.7 Å². The van der Waals surface area contributed by atoms with Crippen molar-refractivity contribution in [1.29, 1.82) is 0 Å². The van der Waals surface area contributed by atoms with Crippen LogP contribution in [-0.2, 0) is 6.54 Å². The van der Waals surface area contributed by atoms with Crippen LogP contribution in [0.25, 0.3) is 10.9 Å². The first kappa shape index (κ1) is 18.1. The van der Waals surface area contributed by atoms with E-state index in [9.17, 15) is 0 Å². The van der Waals surface area contributed by atoms with Crippen molar-refractivity contribution < 1.29 is 4.74 Å². The second-order valence-electron chi connectivity index (χ2n) is 7.76. The first-order valence-electron chi connectivity index (χ1n) is 10.2. The lowest BCUT2D eigenvalue weighted by Crippen LogP contribution is -2.34. The van der Waals surface area contributed by atoms with Crippen molar-refractivity contribution in [3.05, 3.63) is 65.9 Å². The van der Waals surface area contributed by atoms with Crippen LogP contribution in [0, 0.1) is 6.92 Å². The summed E-state index contributed by atoms with van der Waals surface area (Å²) in [4.78, 5) is 2.64. The largest absolute Gasteiger partial charge is 0.497 e. The van der Waals surface area contributed by atoms with E-state index < -0.39 is 0 Å². The van der Waals surface area contributed by atoms with Crippen LogP contribution in [0.3, 0.4) is 0 Å². The van der Waals surface area contributed by atoms with Crippen LogP contribution in [0.5, 0.6) is 5.75 Å². The van der Waals surface area contributed by atoms with Crippen LogP contribution < -0.4 is 4.74 Å². The van der Waals surface area contributed by atoms with Crippen LogP contribution in [0.4, 0.5) is 0 Å². The van der Waals surface area contributed by atoms with Crippen LogP contribution in [0.15, 0.2) is 54.7 Å². The molecule has 0 saturated carbocycles. The molecule has 1 aliphatic rings. The first-order chi connectivity index (χ1) is 13.2. The molecule has 0 spiro atoms. The van der Waals surface area contributed by atoms with Crippen molar-refractivity contribution in [3.8, 4) is 5.75 Å². The minimum Gasteiger partial charge on any atom is -0.497 e. The Morgan fingerprint density at radius 3 is 2.59 bits per heavy atom. The van der Waals surface area contributed by atoms with Crippen molar-refractivity contribution in [2.45, 2.75) is 38.6 Å². The lowest BCUT2D eigenvalue weighted by molar-refractivity contribution is 0.207. The second kappa shape index (κ2) is 8.18. The van der Waals surface area contributed by atoms with Crippen LogP contribution in [0.2, 0.25) is 0 Å². The molecule has 0 amide bonds. The summed E-state index contributed by atoms with van der Waals surface area (Å²) in [6, 6.07) is 17.4. The first-order valence-corrected chi connectivity index (χ1v) is 10.2. The minimum atomic E-state index is 0.742. The molecule has 0 atom stereocenters. The van der Waals surface area contributed by atoms with E-state index in [1.165, 1.54) is 55.4 Å². The number of methoxy groups -OCH3 is 1. The number of rotatable bonds is 6. The fourth-order valence-electron chi connectivity index (χ4n) is 4.48. The maximum Gasteiger partial charge on any atom is 0.119 e. The van der Waals surface area contributed by atoms with Gasteiger partial charge in [-0.05, 0) is 87.1 Å². The van der Waals surface area contributed by atoms with Crippen LogP contribution in [0.1, 0.15) is 36.3 Å². The number of nitrogens with zero attached hydrogens (tertiary/aromatic N) is 2. The van der Waals surface area contributed by atoms with Crippen molar-refractivity contribution in [2.24, 2.45) is 0 Å². The quantitative estimate of drug-likeness (QED) is 0.597. The number of aromatic nitrogens is 1. The number of hydrogen-bond donors (Lipinski definition) is 0. The van der Waals surface area contributed by atoms with Crippen LogP contribution in [-0.4, -0.2) is 36.2 Å². The molecular weight excluding hydrogens is 332 g/mol. The summed E-state index contributed by atoms with van der Waals surface area (Å²) in [7, 11) is 1.72. The summed E-state index contributed by atoms with van der Waals surface area (Å²) in [5.74, 6) is 1.67. The highest BCUT2D eigenvalue weighted by molar-refractivity contribution is 5.81. The van der Waals surface area contributed by atoms with Crippen molar-refractivity contribution >= 4 is 10.9 Å². The zero-order valence-corrected chi connectivity index (χ0v) is 16.5. The number of benzene rings is 2. The molecule has 2 heterocycles. The van der Waals surface area contributed by atoms with E-state index >= 15 is 0 Å². The number of hydrogen-bond acceptors (Lipinski definition) is 2. The number of fused-ring (bicyclic) bond motifs is 1. The summed E-state index contributed by atoms with van der Waals surface area (Å²) >= 11 is 0. The van der Waals surface area contributed by atoms with Crippen LogP contribution >= 0.6 is 0 Å². The predicted molar refractivity (Wildman–Crippen MR) is 113 cm³/mol. The Morgan fingerprint density at radius 1 is 1.00 bits per heavy atom. The molecule has 0 radical (unpaired) electrons. The van der Waals surface area contributed by atoms with Crippen molar-refractivity contribution in [1.82, 2.24) is 9.47 Å². The SMILES string of the molecule is COc1ccc2c(ccn2CCCN2CCC(c3ccccc3C)CC2)c1. The predicted octanol–water partition coefficient (Wildman–Crippen LogP) is 5.23. The third-order valence-corrected chi connectivity index (χ3v) is 6.07. The topological polar surface area (TPSA) is 17.4 Å². The zero-order valence-electron chi connectivity index (χ0n) is 16.5. The Labute approximate surface area is 162 Å². The minimum absolute atomic E-state index is 0.742. The summed E-state index contributed by atoms with van der Waals surface area (Å²) in [6.45, 7) is 6.97. The van der Waals surface area contributed by atoms with Gasteiger partial charge in [0.15, 0.2) is 0 Å². The van der Waals surface area contributed by atoms with Gasteiger partial charge in [0, 0.05) is 23.6 Å². The molecule has 2 aromatic carbocycles. The highest BCUT2D eigenvalue weighted by Gasteiger charge is 2.21. The van der Waals surface area contributed by atoms with Gasteiger partial charge in [-0.15, -0.1) is 0 Å². The van der Waals surface area contributed by atoms with E-state index in [0.29, 0.717) is 0 Å². The van der Waals surface area contributed by atoms with Gasteiger partial charge in [0.05, 0.1) is 7.11 Å². The Balaban J connectivity index is 1.28. The number of ether oxygens (including phenoxy) is 1. The Hall–Kier alpha value is -2.26. The number of likely N-dealkylation sites (tertiary alicyclic amines) is 1. The molecule has 4 rings (SSSR count). The third-order valence-electron chi connectivity index (χ3n) is 6.07. The van der Waals surface area contributed by atoms with E-state index in [1.807, 2.05) is 0 Å². The molecule has 142 valence electrons. The second-order valence-corrected chi connectivity index (χ2v) is 7.76. The van der Waals surface area contributed by atoms with Gasteiger partial charge in [-0.25, -0.2) is 0 Å². The standard InChI is InChI=1S/C24H30N2O/c1-19-6-3-4-7-23(19)20-10-15-25(16-11-20)13-5-14-26-17-12-21-18-22(27-2)8-9-24(21)26/h3-4,6-9,12,17-18,20H,5,10-11,13-16H2,1-2H3. The molecule has 0 unspecified atom stereocenters. The highest BCUT2D eigenvalue weighted by Crippen LogP contribution is 2.30. The molecule has 1 aliphatic heterocycles. The Kier molecular flexibility index (Phi) is 5.49. The van der Waals surface area contributed by atoms with Gasteiger partial charge < -0.3 is 14.2 Å². The summed E-state index contributed by atoms with van der Waals surface area (Å²) < 4.78 is 7.69. The molecule has 3 nitrogen and oxygen atoms in total. The maximum atomic E-state index is 5.32. The van der Waals surface area contributed by atoms with Crippen molar-refractivity contribution in [3.63, 3.8) is 0 Å². The smallest absolute Gasteiger partial charge is 0.119 e. The van der Waals surface area contributed by atoms with Gasteiger partial charge in [0.25, 0.3) is 0 Å². The van der Waals surface area contributed by atoms with E-state index in [0.717, 1.165) is 18.2 Å². The van der Waals surface area contributed by atoms with E-state index in [2.05, 4.69) is 71.1 Å². The molecule has 0 bridgehead atoms. The summed E-state index contributed by atoms with van der Waals surface area (Å²) in [5, 5.41) is 1.26. The lowest BCUT2D eigenvalue weighted by Gasteiger charge is -2.32. The zero-order chi connectivity index (χ0) is 18.6. The van der Waals surface area contributed by atoms with Gasteiger partial charge >= 0.3 is 0 Å². The monoisotopic (exact) mass is 362 g/mol. The van der Waals surface area contributed by atoms with Gasteiger partial charge in [0.1, 0.15) is 5.75 Å². The Bertz CT molecular complexity index is 890. The highest BCUT2D eigenvalue weighted by atomic mass is 16.5. The molecule has 27 heavy (non-hydrogen) atoms. The number of piperidine rings is 1. The van der Waals surface area contributed by atoms with Gasteiger partial charge in [-0.2, -0.15) is 0 Å². The molecule has 1 aromatic heterocycles. The molecule has 3 heteroatoms. The average Bonchev–Trinajstić information content (AvgIpc) is 3.11. The van der Waals surface area contributed by atoms with E-state index in [1.54, 1.807) is 12.7 Å². The van der Waals surface area contributed by atoms with E-state index in [4.69, 9.17) is 4.74 Å². The molecule has 1 fully saturated rings. The Morgan fingerprint density at radius 2 is 1.81 bits per heavy atom. The fraction of sp³-hybridized carbons (Fsp3) is 0.417. The van der Waals surface area contributed by atoms with Gasteiger partial charge in [0.2, 0.25) is 0 Å².